The predicted molar refractivity (Wildman–Crippen MR) is 273 cm³/mol. The molecule has 2 saturated heterocycles. The van der Waals surface area contributed by atoms with Crippen LogP contribution in [-0.2, 0) is 61.9 Å². The molecule has 3 atom stereocenters. The van der Waals surface area contributed by atoms with Crippen LogP contribution in [0.3, 0.4) is 0 Å². The Bertz CT molecular complexity index is 1450. The number of esters is 7. The molecule has 17 nitrogen and oxygen atoms in total. The molecule has 1 aliphatic carbocycles. The van der Waals surface area contributed by atoms with E-state index in [0.29, 0.717) is 58.2 Å². The third-order valence-electron chi connectivity index (χ3n) is 10.3. The summed E-state index contributed by atoms with van der Waals surface area (Å²) in [4.78, 5) is 76.4. The van der Waals surface area contributed by atoms with Gasteiger partial charge >= 0.3 is 41.8 Å². The molecule has 0 aromatic heterocycles. The maximum Gasteiger partial charge on any atom is 0.338 e. The number of nitrogens with two attached hydrogens (primary N) is 1. The lowest BCUT2D eigenvalue weighted by atomic mass is 9.97. The van der Waals surface area contributed by atoms with Crippen molar-refractivity contribution in [2.24, 2.45) is 28.9 Å². The first-order chi connectivity index (χ1) is 33.3. The lowest BCUT2D eigenvalue weighted by molar-refractivity contribution is -0.152. The van der Waals surface area contributed by atoms with Crippen LogP contribution in [-0.4, -0.2) is 120 Å². The summed E-state index contributed by atoms with van der Waals surface area (Å²) in [5, 5.41) is 6.27. The van der Waals surface area contributed by atoms with E-state index in [0.717, 1.165) is 71.0 Å². The number of hydrogen-bond donors (Lipinski definition) is 3. The maximum absolute atomic E-state index is 11.1. The van der Waals surface area contributed by atoms with Gasteiger partial charge in [0.1, 0.15) is 12.1 Å². The molecule has 0 amide bonds. The summed E-state index contributed by atoms with van der Waals surface area (Å²) >= 11 is 0. The maximum atomic E-state index is 11.1. The van der Waals surface area contributed by atoms with Crippen molar-refractivity contribution >= 4 is 41.8 Å². The first-order valence-electron chi connectivity index (χ1n) is 25.7. The second kappa shape index (κ2) is 45.5. The number of rotatable bonds is 16. The van der Waals surface area contributed by atoms with Crippen LogP contribution >= 0.6 is 0 Å². The summed E-state index contributed by atoms with van der Waals surface area (Å²) in [5.74, 6) is -0.297. The predicted octanol–water partition coefficient (Wildman–Crippen LogP) is 8.32. The molecule has 0 radical (unpaired) electrons. The van der Waals surface area contributed by atoms with Crippen molar-refractivity contribution < 1.29 is 66.7 Å². The molecular formula is C53H95N3O14. The number of piperidine rings is 1. The van der Waals surface area contributed by atoms with E-state index in [1.54, 1.807) is 26.0 Å². The fraction of sp³-hybridized carbons (Fsp3) is 0.755. The summed E-state index contributed by atoms with van der Waals surface area (Å²) in [7, 11) is 0. The zero-order valence-corrected chi connectivity index (χ0v) is 45.4. The van der Waals surface area contributed by atoms with E-state index in [1.165, 1.54) is 12.8 Å². The number of carbonyl (C=O) groups is 7. The van der Waals surface area contributed by atoms with Crippen molar-refractivity contribution in [3.8, 4) is 0 Å². The topological polar surface area (TPSA) is 234 Å². The van der Waals surface area contributed by atoms with Gasteiger partial charge in [-0.15, -0.1) is 0 Å². The van der Waals surface area contributed by atoms with Crippen LogP contribution in [0, 0.1) is 23.2 Å². The highest BCUT2D eigenvalue weighted by Crippen LogP contribution is 2.25. The SMILES string of the molecule is CCCC(=O)OCC.CCOC(=O)C(C)(C)C.CCOC(=O)C(N)[C@@H](C)CC.CCOC(=O)C1CCCC1.CCOC(=O)C1CCNCC1.CCOC(=O)[C@H]1CCCN1.CCOC(=O)c1ccccc1. The summed E-state index contributed by atoms with van der Waals surface area (Å²) < 4.78 is 33.6. The largest absolute Gasteiger partial charge is 0.466 e. The van der Waals surface area contributed by atoms with Crippen molar-refractivity contribution in [2.45, 2.75) is 173 Å². The highest BCUT2D eigenvalue weighted by Gasteiger charge is 2.25. The summed E-state index contributed by atoms with van der Waals surface area (Å²) in [6.07, 6.45) is 10.7. The van der Waals surface area contributed by atoms with Gasteiger partial charge in [0.25, 0.3) is 0 Å². The second-order valence-corrected chi connectivity index (χ2v) is 17.2. The van der Waals surface area contributed by atoms with Gasteiger partial charge in [-0.25, -0.2) is 4.79 Å². The molecule has 0 spiro atoms. The molecule has 1 saturated carbocycles. The zero-order valence-electron chi connectivity index (χ0n) is 45.4. The van der Waals surface area contributed by atoms with Gasteiger partial charge < -0.3 is 49.5 Å². The molecule has 2 aliphatic heterocycles. The fourth-order valence-electron chi connectivity index (χ4n) is 6.17. The normalized spacial score (nSPS) is 15.7. The monoisotopic (exact) mass is 998 g/mol. The van der Waals surface area contributed by atoms with Gasteiger partial charge in [-0.05, 0) is 152 Å². The third kappa shape index (κ3) is 37.2. The highest BCUT2D eigenvalue weighted by atomic mass is 16.6. The van der Waals surface area contributed by atoms with Crippen molar-refractivity contribution in [3.63, 3.8) is 0 Å². The quantitative estimate of drug-likeness (QED) is 0.104. The van der Waals surface area contributed by atoms with Crippen LogP contribution in [0.2, 0.25) is 0 Å². The van der Waals surface area contributed by atoms with Crippen LogP contribution in [0.1, 0.15) is 171 Å². The first-order valence-corrected chi connectivity index (χ1v) is 25.7. The Morgan fingerprint density at radius 2 is 1.06 bits per heavy atom. The average Bonchev–Trinajstić information content (AvgIpc) is 4.10. The Morgan fingerprint density at radius 3 is 1.46 bits per heavy atom. The Kier molecular flexibility index (Phi) is 45.3. The van der Waals surface area contributed by atoms with E-state index in [-0.39, 0.29) is 71.0 Å². The van der Waals surface area contributed by atoms with Gasteiger partial charge in [0.15, 0.2) is 0 Å². The van der Waals surface area contributed by atoms with E-state index in [2.05, 4.69) is 15.4 Å². The molecule has 4 rings (SSSR count). The molecule has 70 heavy (non-hydrogen) atoms. The molecule has 2 heterocycles. The van der Waals surface area contributed by atoms with Gasteiger partial charge in [0.2, 0.25) is 0 Å². The molecule has 1 unspecified atom stereocenters. The summed E-state index contributed by atoms with van der Waals surface area (Å²) in [5.41, 5.74) is 5.84. The van der Waals surface area contributed by atoms with E-state index in [9.17, 15) is 33.6 Å². The number of hydrogen-bond acceptors (Lipinski definition) is 17. The number of carbonyl (C=O) groups excluding carboxylic acids is 7. The van der Waals surface area contributed by atoms with Gasteiger partial charge in [0, 0.05) is 6.42 Å². The van der Waals surface area contributed by atoms with E-state index >= 15 is 0 Å². The van der Waals surface area contributed by atoms with Crippen LogP contribution in [0.4, 0.5) is 0 Å². The molecule has 406 valence electrons. The lowest BCUT2D eigenvalue weighted by Crippen LogP contribution is -2.37. The average molecular weight is 998 g/mol. The molecular weight excluding hydrogens is 903 g/mol. The molecule has 1 aromatic rings. The van der Waals surface area contributed by atoms with E-state index in [4.69, 9.17) is 34.2 Å². The Hall–Kier alpha value is -4.61. The Labute approximate surface area is 421 Å². The first kappa shape index (κ1) is 69.6. The zero-order chi connectivity index (χ0) is 53.8. The number of benzene rings is 1. The van der Waals surface area contributed by atoms with Crippen molar-refractivity contribution in [1.82, 2.24) is 10.6 Å². The Balaban J connectivity index is -0.000000750. The molecule has 0 bridgehead atoms. The standard InChI is InChI=1S/C9H10O2.C8H15NO2.C8H17NO2.C8H14O2.C7H13NO2.C7H14O2.C6H12O2/c1-2-11-9(10)8-6-4-3-5-7-8;1-2-11-8(10)7-3-5-9-6-4-7;1-4-6(3)7(9)8(10)11-5-2;1-2-10-8(9)7-5-3-4-6-7;1-2-10-7(9)6-4-3-5-8-6;1-5-9-6(8)7(2,3)4;1-3-5-6(7)8-4-2/h3-7H,2H2,1H3;7,9H,2-6H2,1H3;6-7H,4-5,9H2,1-3H3;7H,2-6H2,1H3;6,8H,2-5H2,1H3;5H2,1-4H3;3-5H2,1-2H3/t;;6-,7?;;6-;;/m..0.1../s1. The van der Waals surface area contributed by atoms with Crippen LogP contribution in [0.15, 0.2) is 30.3 Å². The minimum atomic E-state index is -0.458. The summed E-state index contributed by atoms with van der Waals surface area (Å²) in [6.45, 7) is 30.3. The van der Waals surface area contributed by atoms with E-state index < -0.39 is 6.04 Å². The van der Waals surface area contributed by atoms with Crippen LogP contribution < -0.4 is 16.4 Å². The number of nitrogens with one attached hydrogen (secondary N) is 2. The molecule has 3 aliphatic rings. The van der Waals surface area contributed by atoms with Gasteiger partial charge in [0.05, 0.1) is 69.1 Å². The summed E-state index contributed by atoms with van der Waals surface area (Å²) in [6, 6.07) is 8.47. The fourth-order valence-corrected chi connectivity index (χ4v) is 6.17. The van der Waals surface area contributed by atoms with Gasteiger partial charge in [-0.1, -0.05) is 58.2 Å². The van der Waals surface area contributed by atoms with Gasteiger partial charge in [-0.2, -0.15) is 0 Å². The lowest BCUT2D eigenvalue weighted by Gasteiger charge is -2.20. The molecule has 4 N–H and O–H groups in total. The molecule has 3 fully saturated rings. The van der Waals surface area contributed by atoms with Crippen molar-refractivity contribution in [2.75, 3.05) is 65.9 Å². The minimum absolute atomic E-state index is 0.0139. The van der Waals surface area contributed by atoms with Gasteiger partial charge in [-0.3, -0.25) is 28.8 Å². The minimum Gasteiger partial charge on any atom is -0.466 e. The van der Waals surface area contributed by atoms with E-state index in [1.807, 2.05) is 94.4 Å². The smallest absolute Gasteiger partial charge is 0.338 e. The highest BCUT2D eigenvalue weighted by molar-refractivity contribution is 5.89. The van der Waals surface area contributed by atoms with Crippen LogP contribution in [0.5, 0.6) is 0 Å². The molecule has 1 aromatic carbocycles. The van der Waals surface area contributed by atoms with Crippen molar-refractivity contribution in [3.05, 3.63) is 35.9 Å². The second-order valence-electron chi connectivity index (χ2n) is 17.2. The Morgan fingerprint density at radius 1 is 0.586 bits per heavy atom. The third-order valence-corrected chi connectivity index (χ3v) is 10.3. The number of ether oxygens (including phenoxy) is 7. The molecule has 17 heteroatoms. The van der Waals surface area contributed by atoms with Crippen LogP contribution in [0.25, 0.3) is 0 Å². The van der Waals surface area contributed by atoms with Crippen molar-refractivity contribution in [1.29, 1.82) is 0 Å².